The summed E-state index contributed by atoms with van der Waals surface area (Å²) in [5.74, 6) is -0.434. The van der Waals surface area contributed by atoms with Gasteiger partial charge in [-0.1, -0.05) is 12.1 Å². The van der Waals surface area contributed by atoms with Crippen LogP contribution in [0.4, 0.5) is 10.1 Å². The van der Waals surface area contributed by atoms with E-state index in [-0.39, 0.29) is 5.82 Å². The van der Waals surface area contributed by atoms with Gasteiger partial charge in [0.2, 0.25) is 10.0 Å². The average Bonchev–Trinajstić information content (AvgIpc) is 2.62. The first-order chi connectivity index (χ1) is 12.7. The minimum absolute atomic E-state index is 0.323. The summed E-state index contributed by atoms with van der Waals surface area (Å²) in [5, 5.41) is 3.79. The Balaban J connectivity index is 2.15. The van der Waals surface area contributed by atoms with Crippen molar-refractivity contribution < 1.29 is 22.3 Å². The van der Waals surface area contributed by atoms with Crippen molar-refractivity contribution >= 4 is 27.8 Å². The van der Waals surface area contributed by atoms with E-state index in [9.17, 15) is 17.6 Å². The van der Waals surface area contributed by atoms with Crippen molar-refractivity contribution in [3.05, 3.63) is 59.9 Å². The van der Waals surface area contributed by atoms with E-state index < -0.39 is 22.0 Å². The first-order valence-electron chi connectivity index (χ1n) is 7.94. The Labute approximate surface area is 157 Å². The number of ether oxygens (including phenoxy) is 1. The molecule has 1 N–H and O–H groups in total. The van der Waals surface area contributed by atoms with Gasteiger partial charge in [0.15, 0.2) is 0 Å². The first kappa shape index (κ1) is 20.4. The quantitative estimate of drug-likeness (QED) is 0.577. The van der Waals surface area contributed by atoms with Crippen molar-refractivity contribution in [2.75, 3.05) is 17.7 Å². The Hall–Kier alpha value is -2.94. The highest BCUT2D eigenvalue weighted by Gasteiger charge is 2.29. The van der Waals surface area contributed by atoms with E-state index in [1.807, 2.05) is 0 Å². The molecule has 0 fully saturated rings. The van der Waals surface area contributed by atoms with Gasteiger partial charge in [-0.3, -0.25) is 9.10 Å². The third kappa shape index (κ3) is 5.52. The van der Waals surface area contributed by atoms with Crippen LogP contribution in [0.1, 0.15) is 12.5 Å². The minimum atomic E-state index is -3.73. The second-order valence-corrected chi connectivity index (χ2v) is 7.58. The molecule has 7 nitrogen and oxygen atoms in total. The maximum Gasteiger partial charge on any atom is 0.263 e. The van der Waals surface area contributed by atoms with Gasteiger partial charge in [-0.05, 0) is 48.9 Å². The summed E-state index contributed by atoms with van der Waals surface area (Å²) in [6, 6.07) is 10.8. The summed E-state index contributed by atoms with van der Waals surface area (Å²) in [6.45, 7) is 1.45. The van der Waals surface area contributed by atoms with Crippen LogP contribution in [0.5, 0.6) is 5.75 Å². The maximum atomic E-state index is 12.9. The third-order valence-electron chi connectivity index (χ3n) is 3.67. The largest absolute Gasteiger partial charge is 0.497 e. The van der Waals surface area contributed by atoms with Crippen LogP contribution in [0.25, 0.3) is 0 Å². The molecule has 0 heterocycles. The summed E-state index contributed by atoms with van der Waals surface area (Å²) >= 11 is 0. The molecule has 144 valence electrons. The fraction of sp³-hybridized carbons (Fsp3) is 0.222. The normalized spacial score (nSPS) is 12.6. The number of nitrogens with zero attached hydrogens (tertiary/aromatic N) is 2. The number of carbonyl (C=O) groups is 1. The van der Waals surface area contributed by atoms with Gasteiger partial charge in [0.1, 0.15) is 17.6 Å². The lowest BCUT2D eigenvalue weighted by molar-refractivity contribution is -0.121. The van der Waals surface area contributed by atoms with Crippen LogP contribution >= 0.6 is 0 Å². The monoisotopic (exact) mass is 393 g/mol. The fourth-order valence-electron chi connectivity index (χ4n) is 2.35. The van der Waals surface area contributed by atoms with Crippen LogP contribution in [-0.4, -0.2) is 39.9 Å². The SMILES string of the molecule is COc1ccc(N([C@@H](C)C(=O)N/N=C\c2ccc(F)cc2)S(C)(=O)=O)cc1. The molecule has 0 saturated carbocycles. The highest BCUT2D eigenvalue weighted by atomic mass is 32.2. The molecule has 0 unspecified atom stereocenters. The zero-order chi connectivity index (χ0) is 20.0. The molecule has 0 aromatic heterocycles. The highest BCUT2D eigenvalue weighted by Crippen LogP contribution is 2.23. The molecule has 0 radical (unpaired) electrons. The number of methoxy groups -OCH3 is 1. The number of halogens is 1. The molecule has 0 aliphatic heterocycles. The van der Waals surface area contributed by atoms with E-state index in [1.54, 1.807) is 24.3 Å². The van der Waals surface area contributed by atoms with Crippen LogP contribution < -0.4 is 14.5 Å². The van der Waals surface area contributed by atoms with Crippen LogP contribution in [0, 0.1) is 5.82 Å². The second-order valence-electron chi connectivity index (χ2n) is 5.72. The maximum absolute atomic E-state index is 12.9. The fourth-order valence-corrected chi connectivity index (χ4v) is 3.53. The van der Waals surface area contributed by atoms with Crippen LogP contribution in [0.3, 0.4) is 0 Å². The van der Waals surface area contributed by atoms with Crippen molar-refractivity contribution in [2.24, 2.45) is 5.10 Å². The average molecular weight is 393 g/mol. The van der Waals surface area contributed by atoms with E-state index in [0.29, 0.717) is 17.0 Å². The van der Waals surface area contributed by atoms with Crippen molar-refractivity contribution in [3.63, 3.8) is 0 Å². The van der Waals surface area contributed by atoms with Gasteiger partial charge < -0.3 is 4.74 Å². The van der Waals surface area contributed by atoms with E-state index in [0.717, 1.165) is 10.6 Å². The standard InChI is InChI=1S/C18H20FN3O4S/c1-13(18(23)21-20-12-14-4-6-15(19)7-5-14)22(27(3,24)25)16-8-10-17(26-2)11-9-16/h4-13H,1-3H3,(H,21,23)/b20-12-/t13-/m0/s1. The molecule has 0 aliphatic rings. The Bertz CT molecular complexity index is 913. The van der Waals surface area contributed by atoms with Gasteiger partial charge in [0.05, 0.1) is 25.3 Å². The third-order valence-corrected chi connectivity index (χ3v) is 4.92. The van der Waals surface area contributed by atoms with Gasteiger partial charge in [-0.25, -0.2) is 18.2 Å². The number of sulfonamides is 1. The number of rotatable bonds is 7. The number of carbonyl (C=O) groups excluding carboxylic acids is 1. The second kappa shape index (κ2) is 8.63. The molecular weight excluding hydrogens is 373 g/mol. The first-order valence-corrected chi connectivity index (χ1v) is 9.79. The summed E-state index contributed by atoms with van der Waals surface area (Å²) in [4.78, 5) is 12.4. The Kier molecular flexibility index (Phi) is 6.51. The molecule has 27 heavy (non-hydrogen) atoms. The molecule has 0 saturated heterocycles. The molecule has 2 aromatic carbocycles. The van der Waals surface area contributed by atoms with Gasteiger partial charge in [0.25, 0.3) is 5.91 Å². The van der Waals surface area contributed by atoms with Crippen molar-refractivity contribution in [2.45, 2.75) is 13.0 Å². The number of hydrogen-bond acceptors (Lipinski definition) is 5. The molecule has 1 amide bonds. The molecule has 9 heteroatoms. The number of hydrogen-bond donors (Lipinski definition) is 1. The van der Waals surface area contributed by atoms with E-state index in [1.165, 1.54) is 44.5 Å². The summed E-state index contributed by atoms with van der Waals surface area (Å²) in [5.41, 5.74) is 3.20. The van der Waals surface area contributed by atoms with Crippen molar-refractivity contribution in [1.29, 1.82) is 0 Å². The predicted octanol–water partition coefficient (Wildman–Crippen LogP) is 2.14. The number of hydrazone groups is 1. The highest BCUT2D eigenvalue weighted by molar-refractivity contribution is 7.92. The molecule has 0 spiro atoms. The smallest absolute Gasteiger partial charge is 0.263 e. The van der Waals surface area contributed by atoms with Gasteiger partial charge in [-0.2, -0.15) is 5.10 Å². The number of anilines is 1. The summed E-state index contributed by atoms with van der Waals surface area (Å²) in [7, 11) is -2.23. The molecule has 2 rings (SSSR count). The molecule has 0 bridgehead atoms. The Morgan fingerprint density at radius 3 is 2.30 bits per heavy atom. The lowest BCUT2D eigenvalue weighted by Gasteiger charge is -2.27. The van der Waals surface area contributed by atoms with Crippen LogP contribution in [-0.2, 0) is 14.8 Å². The summed E-state index contributed by atoms with van der Waals surface area (Å²) in [6.07, 6.45) is 2.35. The zero-order valence-corrected chi connectivity index (χ0v) is 15.9. The number of benzene rings is 2. The van der Waals surface area contributed by atoms with E-state index >= 15 is 0 Å². The number of amides is 1. The number of nitrogens with one attached hydrogen (secondary N) is 1. The topological polar surface area (TPSA) is 88.1 Å². The van der Waals surface area contributed by atoms with Crippen molar-refractivity contribution in [1.82, 2.24) is 5.43 Å². The van der Waals surface area contributed by atoms with Crippen LogP contribution in [0.15, 0.2) is 53.6 Å². The van der Waals surface area contributed by atoms with E-state index in [4.69, 9.17) is 4.74 Å². The Morgan fingerprint density at radius 1 is 1.19 bits per heavy atom. The van der Waals surface area contributed by atoms with Crippen LogP contribution in [0.2, 0.25) is 0 Å². The minimum Gasteiger partial charge on any atom is -0.497 e. The lowest BCUT2D eigenvalue weighted by Crippen LogP contribution is -2.46. The molecule has 2 aromatic rings. The summed E-state index contributed by atoms with van der Waals surface area (Å²) < 4.78 is 43.3. The lowest BCUT2D eigenvalue weighted by atomic mass is 10.2. The van der Waals surface area contributed by atoms with Gasteiger partial charge >= 0.3 is 0 Å². The zero-order valence-electron chi connectivity index (χ0n) is 15.1. The molecule has 0 aliphatic carbocycles. The molecule has 1 atom stereocenters. The van der Waals surface area contributed by atoms with Gasteiger partial charge in [-0.15, -0.1) is 0 Å². The Morgan fingerprint density at radius 2 is 1.78 bits per heavy atom. The van der Waals surface area contributed by atoms with E-state index in [2.05, 4.69) is 10.5 Å². The predicted molar refractivity (Wildman–Crippen MR) is 102 cm³/mol. The molecular formula is C18H20FN3O4S. The van der Waals surface area contributed by atoms with Crippen molar-refractivity contribution in [3.8, 4) is 5.75 Å². The van der Waals surface area contributed by atoms with Gasteiger partial charge in [0, 0.05) is 0 Å².